The zero-order chi connectivity index (χ0) is 16.8. The van der Waals surface area contributed by atoms with Crippen LogP contribution in [0.5, 0.6) is 5.75 Å². The van der Waals surface area contributed by atoms with E-state index in [4.69, 9.17) is 9.84 Å². The van der Waals surface area contributed by atoms with Gasteiger partial charge in [-0.2, -0.15) is 0 Å². The van der Waals surface area contributed by atoms with Crippen molar-refractivity contribution >= 4 is 6.29 Å². The Bertz CT molecular complexity index is 635. The number of phenols is 1. The number of ether oxygens (including phenoxy) is 1. The molecule has 0 aliphatic heterocycles. The molecule has 23 heavy (non-hydrogen) atoms. The molecule has 0 radical (unpaired) electrons. The predicted molar refractivity (Wildman–Crippen MR) is 84.5 cm³/mol. The van der Waals surface area contributed by atoms with Crippen LogP contribution >= 0.6 is 0 Å². The zero-order valence-electron chi connectivity index (χ0n) is 12.9. The molecule has 0 saturated heterocycles. The van der Waals surface area contributed by atoms with Gasteiger partial charge in [0.05, 0.1) is 18.0 Å². The summed E-state index contributed by atoms with van der Waals surface area (Å²) in [7, 11) is 1.45. The number of hydrogen-bond donors (Lipinski definition) is 3. The SMILES string of the molecule is CO[C@H](c1ccc(C=O)n1CCc1ccc(O)cc1)[C@H](O)CO. The van der Waals surface area contributed by atoms with Gasteiger partial charge in [-0.05, 0) is 36.2 Å². The Morgan fingerprint density at radius 1 is 1.22 bits per heavy atom. The zero-order valence-corrected chi connectivity index (χ0v) is 12.9. The number of benzene rings is 1. The number of aromatic nitrogens is 1. The maximum absolute atomic E-state index is 11.2. The number of aliphatic hydroxyl groups excluding tert-OH is 2. The Labute approximate surface area is 134 Å². The van der Waals surface area contributed by atoms with Gasteiger partial charge in [-0.15, -0.1) is 0 Å². The highest BCUT2D eigenvalue weighted by Gasteiger charge is 2.24. The van der Waals surface area contributed by atoms with Gasteiger partial charge in [0.15, 0.2) is 6.29 Å². The van der Waals surface area contributed by atoms with Gasteiger partial charge in [-0.1, -0.05) is 12.1 Å². The van der Waals surface area contributed by atoms with Crippen LogP contribution < -0.4 is 0 Å². The molecule has 0 spiro atoms. The van der Waals surface area contributed by atoms with Gasteiger partial charge in [0.25, 0.3) is 0 Å². The van der Waals surface area contributed by atoms with Crippen LogP contribution in [0.4, 0.5) is 0 Å². The van der Waals surface area contributed by atoms with Crippen molar-refractivity contribution in [1.29, 1.82) is 0 Å². The van der Waals surface area contributed by atoms with Gasteiger partial charge in [-0.3, -0.25) is 4.79 Å². The lowest BCUT2D eigenvalue weighted by atomic mass is 10.1. The number of nitrogens with zero attached hydrogens (tertiary/aromatic N) is 1. The highest BCUT2D eigenvalue weighted by atomic mass is 16.5. The quantitative estimate of drug-likeness (QED) is 0.638. The molecule has 0 unspecified atom stereocenters. The van der Waals surface area contributed by atoms with Crippen LogP contribution in [0.3, 0.4) is 0 Å². The summed E-state index contributed by atoms with van der Waals surface area (Å²) < 4.78 is 7.05. The second kappa shape index (κ2) is 7.92. The molecular weight excluding hydrogens is 298 g/mol. The van der Waals surface area contributed by atoms with Crippen LogP contribution in [0, 0.1) is 0 Å². The van der Waals surface area contributed by atoms with Gasteiger partial charge in [0.2, 0.25) is 0 Å². The van der Waals surface area contributed by atoms with Crippen molar-refractivity contribution in [1.82, 2.24) is 4.57 Å². The van der Waals surface area contributed by atoms with E-state index in [2.05, 4.69) is 0 Å². The topological polar surface area (TPSA) is 91.9 Å². The third-order valence-corrected chi connectivity index (χ3v) is 3.81. The van der Waals surface area contributed by atoms with E-state index in [0.717, 1.165) is 11.8 Å². The van der Waals surface area contributed by atoms with E-state index in [1.54, 1.807) is 28.8 Å². The fourth-order valence-electron chi connectivity index (χ4n) is 2.58. The number of phenolic OH excluding ortho intramolecular Hbond substituents is 1. The van der Waals surface area contributed by atoms with Gasteiger partial charge < -0.3 is 24.6 Å². The smallest absolute Gasteiger partial charge is 0.166 e. The number of rotatable bonds is 8. The Hall–Kier alpha value is -2.15. The summed E-state index contributed by atoms with van der Waals surface area (Å²) in [5.41, 5.74) is 2.12. The summed E-state index contributed by atoms with van der Waals surface area (Å²) >= 11 is 0. The van der Waals surface area contributed by atoms with Crippen molar-refractivity contribution in [2.24, 2.45) is 0 Å². The minimum Gasteiger partial charge on any atom is -0.508 e. The van der Waals surface area contributed by atoms with Crippen LogP contribution in [0.1, 0.15) is 27.8 Å². The first-order chi connectivity index (χ1) is 11.1. The van der Waals surface area contributed by atoms with E-state index < -0.39 is 18.8 Å². The van der Waals surface area contributed by atoms with Gasteiger partial charge in [-0.25, -0.2) is 0 Å². The van der Waals surface area contributed by atoms with E-state index in [1.807, 2.05) is 12.1 Å². The highest BCUT2D eigenvalue weighted by Crippen LogP contribution is 2.24. The number of aldehydes is 1. The number of hydrogen-bond acceptors (Lipinski definition) is 5. The molecule has 0 aliphatic carbocycles. The fraction of sp³-hybridized carbons (Fsp3) is 0.353. The van der Waals surface area contributed by atoms with E-state index >= 15 is 0 Å². The summed E-state index contributed by atoms with van der Waals surface area (Å²) in [6.45, 7) is 0.0806. The normalized spacial score (nSPS) is 13.7. The number of methoxy groups -OCH3 is 1. The third kappa shape index (κ3) is 3.98. The number of carbonyl (C=O) groups is 1. The number of aromatic hydroxyl groups is 1. The van der Waals surface area contributed by atoms with Crippen molar-refractivity contribution in [2.75, 3.05) is 13.7 Å². The fourth-order valence-corrected chi connectivity index (χ4v) is 2.58. The molecular formula is C17H21NO5. The Morgan fingerprint density at radius 2 is 1.91 bits per heavy atom. The average Bonchev–Trinajstić information content (AvgIpc) is 2.97. The van der Waals surface area contributed by atoms with E-state index in [-0.39, 0.29) is 5.75 Å². The first-order valence-electron chi connectivity index (χ1n) is 7.35. The lowest BCUT2D eigenvalue weighted by Gasteiger charge is -2.22. The summed E-state index contributed by atoms with van der Waals surface area (Å²) in [5.74, 6) is 0.203. The first kappa shape index (κ1) is 17.2. The molecule has 1 heterocycles. The molecule has 0 bridgehead atoms. The molecule has 2 atom stereocenters. The number of carbonyl (C=O) groups excluding carboxylic acids is 1. The molecule has 2 rings (SSSR count). The molecule has 0 fully saturated rings. The molecule has 124 valence electrons. The molecule has 6 nitrogen and oxygen atoms in total. The van der Waals surface area contributed by atoms with Crippen LogP contribution in [-0.4, -0.2) is 46.0 Å². The van der Waals surface area contributed by atoms with Crippen LogP contribution in [0.15, 0.2) is 36.4 Å². The van der Waals surface area contributed by atoms with Crippen molar-refractivity contribution in [2.45, 2.75) is 25.2 Å². The van der Waals surface area contributed by atoms with Crippen LogP contribution in [0.2, 0.25) is 0 Å². The molecule has 3 N–H and O–H groups in total. The molecule has 1 aromatic carbocycles. The van der Waals surface area contributed by atoms with E-state index in [0.29, 0.717) is 24.4 Å². The van der Waals surface area contributed by atoms with Crippen molar-refractivity contribution in [3.05, 3.63) is 53.3 Å². The average molecular weight is 319 g/mol. The standard InChI is InChI=1S/C17H21NO5/c1-23-17(16(22)11-20)15-7-4-13(10-19)18(15)9-8-12-2-5-14(21)6-3-12/h2-7,10,16-17,20-22H,8-9,11H2,1H3/t16-,17-/m1/s1. The van der Waals surface area contributed by atoms with Gasteiger partial charge >= 0.3 is 0 Å². The molecule has 6 heteroatoms. The maximum atomic E-state index is 11.2. The van der Waals surface area contributed by atoms with Crippen LogP contribution in [-0.2, 0) is 17.7 Å². The second-order valence-electron chi connectivity index (χ2n) is 5.28. The van der Waals surface area contributed by atoms with E-state index in [1.165, 1.54) is 7.11 Å². The second-order valence-corrected chi connectivity index (χ2v) is 5.28. The largest absolute Gasteiger partial charge is 0.508 e. The first-order valence-corrected chi connectivity index (χ1v) is 7.35. The Balaban J connectivity index is 2.23. The van der Waals surface area contributed by atoms with Gasteiger partial charge in [0.1, 0.15) is 18.0 Å². The minimum absolute atomic E-state index is 0.203. The lowest BCUT2D eigenvalue weighted by Crippen LogP contribution is -2.26. The molecule has 2 aromatic rings. The third-order valence-electron chi connectivity index (χ3n) is 3.81. The summed E-state index contributed by atoms with van der Waals surface area (Å²) in [6.07, 6.45) is -0.386. The maximum Gasteiger partial charge on any atom is 0.166 e. The summed E-state index contributed by atoms with van der Waals surface area (Å²) in [4.78, 5) is 11.2. The van der Waals surface area contributed by atoms with Crippen molar-refractivity contribution in [3.8, 4) is 5.75 Å². The predicted octanol–water partition coefficient (Wildman–Crippen LogP) is 1.29. The molecule has 0 amide bonds. The number of aryl methyl sites for hydroxylation is 1. The number of aliphatic hydroxyl groups is 2. The minimum atomic E-state index is -1.07. The molecule has 0 aliphatic rings. The molecule has 1 aromatic heterocycles. The van der Waals surface area contributed by atoms with E-state index in [9.17, 15) is 15.0 Å². The molecule has 0 saturated carbocycles. The Morgan fingerprint density at radius 3 is 2.48 bits per heavy atom. The monoisotopic (exact) mass is 319 g/mol. The van der Waals surface area contributed by atoms with Crippen molar-refractivity contribution in [3.63, 3.8) is 0 Å². The lowest BCUT2D eigenvalue weighted by molar-refractivity contribution is -0.0428. The summed E-state index contributed by atoms with van der Waals surface area (Å²) in [6, 6.07) is 10.2. The highest BCUT2D eigenvalue weighted by molar-refractivity contribution is 5.72. The van der Waals surface area contributed by atoms with Gasteiger partial charge in [0, 0.05) is 13.7 Å². The Kier molecular flexibility index (Phi) is 5.92. The summed E-state index contributed by atoms with van der Waals surface area (Å²) in [5, 5.41) is 28.4. The van der Waals surface area contributed by atoms with Crippen molar-refractivity contribution < 1.29 is 24.9 Å². The van der Waals surface area contributed by atoms with Crippen LogP contribution in [0.25, 0.3) is 0 Å².